The van der Waals surface area contributed by atoms with Crippen molar-refractivity contribution in [3.63, 3.8) is 0 Å². The highest BCUT2D eigenvalue weighted by molar-refractivity contribution is 5.94. The maximum Gasteiger partial charge on any atom is 0.306 e. The maximum absolute atomic E-state index is 12.2. The Kier molecular flexibility index (Phi) is 6.59. The molecule has 0 aromatic heterocycles. The van der Waals surface area contributed by atoms with Crippen molar-refractivity contribution in [3.8, 4) is 0 Å². The molecule has 1 saturated heterocycles. The van der Waals surface area contributed by atoms with Gasteiger partial charge in [-0.2, -0.15) is 0 Å². The summed E-state index contributed by atoms with van der Waals surface area (Å²) in [5.41, 5.74) is 1.55. The lowest BCUT2D eigenvalue weighted by Crippen LogP contribution is -2.27. The molecule has 1 aromatic rings. The Morgan fingerprint density at radius 3 is 2.48 bits per heavy atom. The van der Waals surface area contributed by atoms with Gasteiger partial charge in [0.15, 0.2) is 0 Å². The van der Waals surface area contributed by atoms with E-state index in [0.717, 1.165) is 31.5 Å². The van der Waals surface area contributed by atoms with E-state index < -0.39 is 0 Å². The summed E-state index contributed by atoms with van der Waals surface area (Å²) in [4.78, 5) is 25.7. The minimum absolute atomic E-state index is 0.0733. The van der Waals surface area contributed by atoms with Crippen LogP contribution >= 0.6 is 0 Å². The Bertz CT molecular complexity index is 518. The molecule has 1 atom stereocenters. The molecule has 0 saturated carbocycles. The Balaban J connectivity index is 1.76. The summed E-state index contributed by atoms with van der Waals surface area (Å²) in [5, 5.41) is 9.14. The number of rotatable bonds is 7. The number of amides is 1. The molecule has 5 nitrogen and oxygen atoms in total. The van der Waals surface area contributed by atoms with Crippen LogP contribution in [0.5, 0.6) is 0 Å². The Hall–Kier alpha value is -1.88. The van der Waals surface area contributed by atoms with Crippen molar-refractivity contribution >= 4 is 11.9 Å². The van der Waals surface area contributed by atoms with Gasteiger partial charge in [-0.05, 0) is 50.3 Å². The van der Waals surface area contributed by atoms with E-state index in [-0.39, 0.29) is 24.6 Å². The van der Waals surface area contributed by atoms with Crippen LogP contribution in [0.3, 0.4) is 0 Å². The number of ether oxygens (including phenoxy) is 1. The van der Waals surface area contributed by atoms with Crippen LogP contribution < -0.4 is 0 Å². The van der Waals surface area contributed by atoms with Crippen molar-refractivity contribution < 1.29 is 19.4 Å². The fourth-order valence-corrected chi connectivity index (χ4v) is 2.62. The minimum Gasteiger partial charge on any atom is -0.461 e. The van der Waals surface area contributed by atoms with Crippen LogP contribution in [0.15, 0.2) is 24.3 Å². The van der Waals surface area contributed by atoms with Crippen molar-refractivity contribution in [2.45, 2.75) is 51.7 Å². The Morgan fingerprint density at radius 1 is 1.22 bits per heavy atom. The smallest absolute Gasteiger partial charge is 0.306 e. The van der Waals surface area contributed by atoms with Crippen LogP contribution in [0.1, 0.15) is 54.9 Å². The number of nitrogens with zero attached hydrogens (tertiary/aromatic N) is 1. The quantitative estimate of drug-likeness (QED) is 0.784. The Morgan fingerprint density at radius 2 is 1.87 bits per heavy atom. The first-order valence-corrected chi connectivity index (χ1v) is 8.28. The predicted octanol–water partition coefficient (Wildman–Crippen LogP) is 2.52. The molecule has 1 unspecified atom stereocenters. The topological polar surface area (TPSA) is 66.8 Å². The van der Waals surface area contributed by atoms with Gasteiger partial charge in [0.25, 0.3) is 5.91 Å². The van der Waals surface area contributed by atoms with Gasteiger partial charge in [0.2, 0.25) is 0 Å². The molecule has 0 radical (unpaired) electrons. The van der Waals surface area contributed by atoms with Gasteiger partial charge < -0.3 is 14.7 Å². The summed E-state index contributed by atoms with van der Waals surface area (Å²) in [6, 6.07) is 7.23. The lowest BCUT2D eigenvalue weighted by Gasteiger charge is -2.15. The molecule has 5 heteroatoms. The molecule has 1 heterocycles. The standard InChI is InChI=1S/C18H25NO4/c1-14(20)5-4-6-17(21)23-13-15-7-9-16(10-8-15)18(22)19-11-2-3-12-19/h7-10,14,20H,2-6,11-13H2,1H3. The molecule has 1 aliphatic heterocycles. The first kappa shape index (κ1) is 17.5. The maximum atomic E-state index is 12.2. The number of carbonyl (C=O) groups is 2. The van der Waals surface area contributed by atoms with E-state index in [0.29, 0.717) is 24.8 Å². The molecule has 0 aliphatic carbocycles. The molecule has 1 fully saturated rings. The van der Waals surface area contributed by atoms with Crippen LogP contribution in [0.4, 0.5) is 0 Å². The summed E-state index contributed by atoms with van der Waals surface area (Å²) in [6.07, 6.45) is 3.31. The van der Waals surface area contributed by atoms with Gasteiger partial charge in [-0.3, -0.25) is 9.59 Å². The molecule has 1 amide bonds. The largest absolute Gasteiger partial charge is 0.461 e. The van der Waals surface area contributed by atoms with Crippen LogP contribution in [-0.2, 0) is 16.1 Å². The monoisotopic (exact) mass is 319 g/mol. The summed E-state index contributed by atoms with van der Waals surface area (Å²) < 4.78 is 5.19. The van der Waals surface area contributed by atoms with E-state index in [2.05, 4.69) is 0 Å². The molecule has 2 rings (SSSR count). The summed E-state index contributed by atoms with van der Waals surface area (Å²) >= 11 is 0. The number of carbonyl (C=O) groups excluding carboxylic acids is 2. The molecular formula is C18H25NO4. The van der Waals surface area contributed by atoms with Gasteiger partial charge in [-0.25, -0.2) is 0 Å². The van der Waals surface area contributed by atoms with E-state index in [1.807, 2.05) is 17.0 Å². The van der Waals surface area contributed by atoms with Gasteiger partial charge >= 0.3 is 5.97 Å². The SMILES string of the molecule is CC(O)CCCC(=O)OCc1ccc(C(=O)N2CCCC2)cc1. The van der Waals surface area contributed by atoms with Crippen LogP contribution in [0.2, 0.25) is 0 Å². The van der Waals surface area contributed by atoms with Gasteiger partial charge in [0, 0.05) is 25.1 Å². The highest BCUT2D eigenvalue weighted by Gasteiger charge is 2.19. The molecule has 23 heavy (non-hydrogen) atoms. The van der Waals surface area contributed by atoms with Crippen LogP contribution in [-0.4, -0.2) is 41.1 Å². The lowest BCUT2D eigenvalue weighted by molar-refractivity contribution is -0.145. The molecule has 1 aromatic carbocycles. The third-order valence-corrected chi connectivity index (χ3v) is 4.00. The third kappa shape index (κ3) is 5.67. The average Bonchev–Trinajstić information content (AvgIpc) is 3.07. The number of hydrogen-bond donors (Lipinski definition) is 1. The molecule has 1 aliphatic rings. The number of esters is 1. The molecule has 126 valence electrons. The van der Waals surface area contributed by atoms with E-state index in [4.69, 9.17) is 9.84 Å². The van der Waals surface area contributed by atoms with E-state index in [1.165, 1.54) is 0 Å². The van der Waals surface area contributed by atoms with Gasteiger partial charge in [0.05, 0.1) is 6.10 Å². The number of likely N-dealkylation sites (tertiary alicyclic amines) is 1. The Labute approximate surface area is 137 Å². The fourth-order valence-electron chi connectivity index (χ4n) is 2.62. The fraction of sp³-hybridized carbons (Fsp3) is 0.556. The van der Waals surface area contributed by atoms with Crippen molar-refractivity contribution in [1.29, 1.82) is 0 Å². The van der Waals surface area contributed by atoms with Crippen molar-refractivity contribution in [3.05, 3.63) is 35.4 Å². The molecule has 0 spiro atoms. The molecule has 0 bridgehead atoms. The second-order valence-electron chi connectivity index (χ2n) is 6.10. The van der Waals surface area contributed by atoms with Crippen LogP contribution in [0.25, 0.3) is 0 Å². The predicted molar refractivity (Wildman–Crippen MR) is 86.9 cm³/mol. The zero-order valence-corrected chi connectivity index (χ0v) is 13.7. The minimum atomic E-state index is -0.386. The second kappa shape index (κ2) is 8.67. The highest BCUT2D eigenvalue weighted by atomic mass is 16.5. The zero-order chi connectivity index (χ0) is 16.7. The molecular weight excluding hydrogens is 294 g/mol. The summed E-state index contributed by atoms with van der Waals surface area (Å²) in [7, 11) is 0. The van der Waals surface area contributed by atoms with E-state index in [9.17, 15) is 9.59 Å². The van der Waals surface area contributed by atoms with Crippen molar-refractivity contribution in [1.82, 2.24) is 4.90 Å². The molecule has 1 N–H and O–H groups in total. The number of aliphatic hydroxyl groups is 1. The van der Waals surface area contributed by atoms with Crippen molar-refractivity contribution in [2.24, 2.45) is 0 Å². The van der Waals surface area contributed by atoms with Gasteiger partial charge in [-0.15, -0.1) is 0 Å². The van der Waals surface area contributed by atoms with Crippen LogP contribution in [0, 0.1) is 0 Å². The van der Waals surface area contributed by atoms with E-state index in [1.54, 1.807) is 19.1 Å². The zero-order valence-electron chi connectivity index (χ0n) is 13.7. The van der Waals surface area contributed by atoms with E-state index >= 15 is 0 Å². The number of hydrogen-bond acceptors (Lipinski definition) is 4. The third-order valence-electron chi connectivity index (χ3n) is 4.00. The van der Waals surface area contributed by atoms with Crippen molar-refractivity contribution in [2.75, 3.05) is 13.1 Å². The highest BCUT2D eigenvalue weighted by Crippen LogP contribution is 2.14. The van der Waals surface area contributed by atoms with Gasteiger partial charge in [0.1, 0.15) is 6.61 Å². The average molecular weight is 319 g/mol. The first-order valence-electron chi connectivity index (χ1n) is 8.28. The number of benzene rings is 1. The second-order valence-corrected chi connectivity index (χ2v) is 6.10. The normalized spacial score (nSPS) is 15.5. The lowest BCUT2D eigenvalue weighted by atomic mass is 10.1. The number of aliphatic hydroxyl groups excluding tert-OH is 1. The first-order chi connectivity index (χ1) is 11.1. The van der Waals surface area contributed by atoms with Gasteiger partial charge in [-0.1, -0.05) is 12.1 Å². The summed E-state index contributed by atoms with van der Waals surface area (Å²) in [5.74, 6) is -0.188. The summed E-state index contributed by atoms with van der Waals surface area (Å²) in [6.45, 7) is 3.59.